The van der Waals surface area contributed by atoms with Crippen LogP contribution >= 0.6 is 38.5 Å². The first-order valence-corrected chi connectivity index (χ1v) is 6.25. The summed E-state index contributed by atoms with van der Waals surface area (Å²) in [7, 11) is 0. The topological polar surface area (TPSA) is 30.7 Å². The van der Waals surface area contributed by atoms with E-state index in [4.69, 9.17) is 0 Å². The number of alkyl halides is 1. The van der Waals surface area contributed by atoms with Crippen LogP contribution in [0.4, 0.5) is 0 Å². The molecule has 0 saturated carbocycles. The molecule has 0 aliphatic rings. The summed E-state index contributed by atoms with van der Waals surface area (Å²) >= 11 is 5.72. The fourth-order valence-electron chi connectivity index (χ4n) is 1.03. The van der Waals surface area contributed by atoms with Crippen molar-refractivity contribution in [2.24, 2.45) is 0 Å². The highest BCUT2D eigenvalue weighted by molar-refractivity contribution is 14.1. The predicted octanol–water partition coefficient (Wildman–Crippen LogP) is 2.43. The van der Waals surface area contributed by atoms with Gasteiger partial charge in [-0.1, -0.05) is 29.5 Å². The predicted molar refractivity (Wildman–Crippen MR) is 60.6 cm³/mol. The number of hydrogen-bond donors (Lipinski definition) is 0. The maximum Gasteiger partial charge on any atom is 0.200 e. The SMILES string of the molecule is CCCn1c(Br)nnc1CCI. The molecule has 1 aromatic heterocycles. The van der Waals surface area contributed by atoms with E-state index in [1.165, 1.54) is 0 Å². The fourth-order valence-corrected chi connectivity index (χ4v) is 1.97. The molecule has 12 heavy (non-hydrogen) atoms. The molecule has 0 aliphatic carbocycles. The van der Waals surface area contributed by atoms with Gasteiger partial charge >= 0.3 is 0 Å². The van der Waals surface area contributed by atoms with Gasteiger partial charge < -0.3 is 4.57 Å². The Balaban J connectivity index is 2.80. The van der Waals surface area contributed by atoms with Crippen molar-refractivity contribution >= 4 is 38.5 Å². The molecule has 68 valence electrons. The molecule has 0 unspecified atom stereocenters. The van der Waals surface area contributed by atoms with E-state index in [9.17, 15) is 0 Å². The minimum atomic E-state index is 0.851. The molecule has 1 aromatic rings. The molecule has 0 aromatic carbocycles. The van der Waals surface area contributed by atoms with Crippen LogP contribution < -0.4 is 0 Å². The molecule has 0 aliphatic heterocycles. The maximum atomic E-state index is 4.09. The summed E-state index contributed by atoms with van der Waals surface area (Å²) < 4.78 is 4.06. The summed E-state index contributed by atoms with van der Waals surface area (Å²) in [5, 5.41) is 8.07. The lowest BCUT2D eigenvalue weighted by Crippen LogP contribution is -2.04. The first kappa shape index (κ1) is 10.4. The van der Waals surface area contributed by atoms with Crippen LogP contribution in [0.3, 0.4) is 0 Å². The fraction of sp³-hybridized carbons (Fsp3) is 0.714. The molecule has 1 heterocycles. The van der Waals surface area contributed by atoms with Gasteiger partial charge in [0.2, 0.25) is 0 Å². The summed E-state index contributed by atoms with van der Waals surface area (Å²) in [5.41, 5.74) is 0. The minimum absolute atomic E-state index is 0.851. The van der Waals surface area contributed by atoms with E-state index in [1.807, 2.05) is 0 Å². The highest BCUT2D eigenvalue weighted by Crippen LogP contribution is 2.11. The summed E-state index contributed by atoms with van der Waals surface area (Å²) in [5.74, 6) is 1.08. The zero-order chi connectivity index (χ0) is 8.97. The van der Waals surface area contributed by atoms with Crippen LogP contribution in [-0.2, 0) is 13.0 Å². The second-order valence-electron chi connectivity index (χ2n) is 2.48. The molecule has 3 nitrogen and oxygen atoms in total. The molecule has 0 N–H and O–H groups in total. The molecule has 0 saturated heterocycles. The molecule has 0 fully saturated rings. The molecule has 0 radical (unpaired) electrons. The van der Waals surface area contributed by atoms with Gasteiger partial charge in [-0.3, -0.25) is 0 Å². The summed E-state index contributed by atoms with van der Waals surface area (Å²) in [4.78, 5) is 0. The minimum Gasteiger partial charge on any atom is -0.306 e. The third-order valence-corrected chi connectivity index (χ3v) is 2.67. The Morgan fingerprint density at radius 3 is 2.83 bits per heavy atom. The van der Waals surface area contributed by atoms with Gasteiger partial charge in [-0.05, 0) is 22.4 Å². The average Bonchev–Trinajstić information content (AvgIpc) is 2.37. The lowest BCUT2D eigenvalue weighted by Gasteiger charge is -2.03. The van der Waals surface area contributed by atoms with E-state index in [1.54, 1.807) is 0 Å². The van der Waals surface area contributed by atoms with E-state index in [2.05, 4.69) is 60.2 Å². The monoisotopic (exact) mass is 343 g/mol. The Morgan fingerprint density at radius 1 is 1.50 bits per heavy atom. The summed E-state index contributed by atoms with van der Waals surface area (Å²) in [6.45, 7) is 3.15. The van der Waals surface area contributed by atoms with Crippen LogP contribution in [0.25, 0.3) is 0 Å². The Morgan fingerprint density at radius 2 is 2.25 bits per heavy atom. The van der Waals surface area contributed by atoms with Crippen molar-refractivity contribution in [2.45, 2.75) is 26.3 Å². The second-order valence-corrected chi connectivity index (χ2v) is 4.26. The number of aromatic nitrogens is 3. The second kappa shape index (κ2) is 5.16. The van der Waals surface area contributed by atoms with Crippen LogP contribution in [0.1, 0.15) is 19.2 Å². The summed E-state index contributed by atoms with van der Waals surface area (Å²) in [6, 6.07) is 0. The summed E-state index contributed by atoms with van der Waals surface area (Å²) in [6.07, 6.45) is 2.12. The Hall–Kier alpha value is 0.350. The third kappa shape index (κ3) is 2.42. The molecular formula is C7H11BrIN3. The molecule has 0 spiro atoms. The molecule has 5 heteroatoms. The van der Waals surface area contributed by atoms with Gasteiger partial charge in [0, 0.05) is 17.4 Å². The van der Waals surface area contributed by atoms with E-state index in [0.717, 1.165) is 34.4 Å². The van der Waals surface area contributed by atoms with Crippen LogP contribution in [0, 0.1) is 0 Å². The first-order chi connectivity index (χ1) is 5.79. The van der Waals surface area contributed by atoms with Crippen molar-refractivity contribution < 1.29 is 0 Å². The van der Waals surface area contributed by atoms with Gasteiger partial charge in [-0.15, -0.1) is 10.2 Å². The lowest BCUT2D eigenvalue weighted by atomic mass is 10.4. The van der Waals surface area contributed by atoms with Crippen LogP contribution in [0.5, 0.6) is 0 Å². The lowest BCUT2D eigenvalue weighted by molar-refractivity contribution is 0.632. The molecule has 1 rings (SSSR count). The zero-order valence-electron chi connectivity index (χ0n) is 6.93. The van der Waals surface area contributed by atoms with Crippen LogP contribution in [0.15, 0.2) is 4.73 Å². The number of rotatable bonds is 4. The van der Waals surface area contributed by atoms with Gasteiger partial charge in [-0.25, -0.2) is 0 Å². The van der Waals surface area contributed by atoms with Gasteiger partial charge in [0.1, 0.15) is 5.82 Å². The van der Waals surface area contributed by atoms with E-state index < -0.39 is 0 Å². The standard InChI is InChI=1S/C7H11BrIN3/c1-2-5-12-6(3-4-9)10-11-7(12)8/h2-5H2,1H3. The third-order valence-electron chi connectivity index (χ3n) is 1.55. The highest BCUT2D eigenvalue weighted by atomic mass is 127. The van der Waals surface area contributed by atoms with E-state index in [-0.39, 0.29) is 0 Å². The van der Waals surface area contributed by atoms with Gasteiger partial charge in [-0.2, -0.15) is 0 Å². The van der Waals surface area contributed by atoms with E-state index >= 15 is 0 Å². The quantitative estimate of drug-likeness (QED) is 0.621. The molecule has 0 atom stereocenters. The normalized spacial score (nSPS) is 10.6. The highest BCUT2D eigenvalue weighted by Gasteiger charge is 2.07. The number of halogens is 2. The zero-order valence-corrected chi connectivity index (χ0v) is 10.7. The number of nitrogens with zero attached hydrogens (tertiary/aromatic N) is 3. The smallest absolute Gasteiger partial charge is 0.200 e. The Bertz CT molecular complexity index is 249. The van der Waals surface area contributed by atoms with Crippen molar-refractivity contribution in [3.8, 4) is 0 Å². The largest absolute Gasteiger partial charge is 0.306 e. The number of aryl methyl sites for hydroxylation is 1. The van der Waals surface area contributed by atoms with Gasteiger partial charge in [0.25, 0.3) is 0 Å². The molecule has 0 bridgehead atoms. The molecular weight excluding hydrogens is 333 g/mol. The van der Waals surface area contributed by atoms with E-state index in [0.29, 0.717) is 0 Å². The number of hydrogen-bond acceptors (Lipinski definition) is 2. The van der Waals surface area contributed by atoms with Crippen molar-refractivity contribution in [1.82, 2.24) is 14.8 Å². The Labute approximate surface area is 94.2 Å². The molecule has 0 amide bonds. The van der Waals surface area contributed by atoms with Crippen molar-refractivity contribution in [3.63, 3.8) is 0 Å². The van der Waals surface area contributed by atoms with Crippen molar-refractivity contribution in [3.05, 3.63) is 10.6 Å². The average molecular weight is 344 g/mol. The van der Waals surface area contributed by atoms with Crippen LogP contribution in [-0.4, -0.2) is 19.2 Å². The van der Waals surface area contributed by atoms with Crippen LogP contribution in [0.2, 0.25) is 0 Å². The van der Waals surface area contributed by atoms with Crippen molar-refractivity contribution in [2.75, 3.05) is 4.43 Å². The first-order valence-electron chi connectivity index (χ1n) is 3.93. The van der Waals surface area contributed by atoms with Gasteiger partial charge in [0.05, 0.1) is 0 Å². The van der Waals surface area contributed by atoms with Crippen molar-refractivity contribution in [1.29, 1.82) is 0 Å². The Kier molecular flexibility index (Phi) is 4.49. The maximum absolute atomic E-state index is 4.09. The van der Waals surface area contributed by atoms with Gasteiger partial charge in [0.15, 0.2) is 4.73 Å².